The van der Waals surface area contributed by atoms with Crippen LogP contribution in [0.3, 0.4) is 0 Å². The van der Waals surface area contributed by atoms with Gasteiger partial charge in [-0.15, -0.1) is 0 Å². The number of carbonyl (C=O) groups is 1. The van der Waals surface area contributed by atoms with E-state index in [1.165, 1.54) is 5.56 Å². The molecule has 3 aromatic rings. The van der Waals surface area contributed by atoms with Crippen LogP contribution >= 0.6 is 0 Å². The molecule has 0 saturated heterocycles. The molecule has 0 unspecified atom stereocenters. The summed E-state index contributed by atoms with van der Waals surface area (Å²) < 4.78 is 17.0. The number of carboxylic acids is 1. The molecule has 0 aliphatic carbocycles. The zero-order valence-electron chi connectivity index (χ0n) is 19.5. The fourth-order valence-electron chi connectivity index (χ4n) is 4.04. The van der Waals surface area contributed by atoms with Gasteiger partial charge >= 0.3 is 5.97 Å². The van der Waals surface area contributed by atoms with Crippen LogP contribution in [0.1, 0.15) is 45.5 Å². The van der Waals surface area contributed by atoms with Crippen molar-refractivity contribution < 1.29 is 24.1 Å². The molecule has 5 nitrogen and oxygen atoms in total. The van der Waals surface area contributed by atoms with Gasteiger partial charge < -0.3 is 19.3 Å². The van der Waals surface area contributed by atoms with Crippen LogP contribution < -0.4 is 14.2 Å². The highest BCUT2D eigenvalue weighted by Crippen LogP contribution is 2.43. The zero-order chi connectivity index (χ0) is 23.6. The molecule has 173 valence electrons. The first kappa shape index (κ1) is 24.2. The Morgan fingerprint density at radius 3 is 1.64 bits per heavy atom. The van der Waals surface area contributed by atoms with Crippen LogP contribution in [0.2, 0.25) is 0 Å². The Labute approximate surface area is 195 Å². The van der Waals surface area contributed by atoms with Crippen molar-refractivity contribution in [2.45, 2.75) is 38.5 Å². The molecule has 0 fully saturated rings. The lowest BCUT2D eigenvalue weighted by molar-refractivity contribution is 0.0697. The van der Waals surface area contributed by atoms with Gasteiger partial charge in [-0.1, -0.05) is 42.5 Å². The molecule has 0 aromatic heterocycles. The van der Waals surface area contributed by atoms with Crippen molar-refractivity contribution in [3.05, 3.63) is 88.5 Å². The lowest BCUT2D eigenvalue weighted by Crippen LogP contribution is -2.04. The van der Waals surface area contributed by atoms with Crippen LogP contribution in [0.15, 0.2) is 54.6 Å². The monoisotopic (exact) mass is 447 g/mol. The normalized spacial score (nSPS) is 10.6. The third-order valence-corrected chi connectivity index (χ3v) is 5.70. The Morgan fingerprint density at radius 1 is 0.697 bits per heavy atom. The largest absolute Gasteiger partial charge is 0.492 e. The first-order valence-electron chi connectivity index (χ1n) is 11.2. The Hall–Kier alpha value is -3.47. The summed E-state index contributed by atoms with van der Waals surface area (Å²) >= 11 is 0. The van der Waals surface area contributed by atoms with Gasteiger partial charge in [-0.3, -0.25) is 0 Å². The molecule has 1 N–H and O–H groups in total. The van der Waals surface area contributed by atoms with Gasteiger partial charge in [0, 0.05) is 11.1 Å². The van der Waals surface area contributed by atoms with Gasteiger partial charge in [0.15, 0.2) is 11.5 Å². The first-order valence-corrected chi connectivity index (χ1v) is 11.2. The zero-order valence-corrected chi connectivity index (χ0v) is 19.5. The topological polar surface area (TPSA) is 65.0 Å². The lowest BCUT2D eigenvalue weighted by Gasteiger charge is -2.19. The molecular weight excluding hydrogens is 416 g/mol. The van der Waals surface area contributed by atoms with Crippen LogP contribution in [0.25, 0.3) is 0 Å². The summed E-state index contributed by atoms with van der Waals surface area (Å²) in [6.07, 6.45) is 5.24. The summed E-state index contributed by atoms with van der Waals surface area (Å²) in [5.74, 6) is 1.03. The maximum Gasteiger partial charge on any atom is 0.335 e. The van der Waals surface area contributed by atoms with E-state index >= 15 is 0 Å². The minimum atomic E-state index is -0.911. The van der Waals surface area contributed by atoms with E-state index in [2.05, 4.69) is 30.3 Å². The van der Waals surface area contributed by atoms with E-state index in [0.29, 0.717) is 22.8 Å². The standard InChI is InChI=1S/C28H31O5/c1-31-25-23(13-7-11-20-9-5-4-6-10-20)19-24(26(32-2)27(25)33-3)14-8-12-21-15-17-22(18-16-21)28(29)30/h4-6,9-10,15-18H,7-8,11-14H2,1-3H3,(H,29,30). The third kappa shape index (κ3) is 6.28. The number of aromatic carboxylic acids is 1. The van der Waals surface area contributed by atoms with Crippen LogP contribution in [0.5, 0.6) is 17.2 Å². The van der Waals surface area contributed by atoms with Crippen LogP contribution in [-0.2, 0) is 25.7 Å². The fourth-order valence-corrected chi connectivity index (χ4v) is 4.04. The number of methoxy groups -OCH3 is 3. The van der Waals surface area contributed by atoms with Gasteiger partial charge in [-0.2, -0.15) is 0 Å². The average Bonchev–Trinajstić information content (AvgIpc) is 2.84. The van der Waals surface area contributed by atoms with E-state index in [1.54, 1.807) is 33.5 Å². The molecule has 0 spiro atoms. The molecule has 5 heteroatoms. The molecule has 1 radical (unpaired) electrons. The van der Waals surface area contributed by atoms with E-state index in [-0.39, 0.29) is 0 Å². The molecular formula is C28H31O5. The molecule has 33 heavy (non-hydrogen) atoms. The molecule has 0 amide bonds. The number of hydrogen-bond donors (Lipinski definition) is 1. The molecule has 3 rings (SSSR count). The van der Waals surface area contributed by atoms with E-state index in [1.807, 2.05) is 18.2 Å². The molecule has 0 atom stereocenters. The highest BCUT2D eigenvalue weighted by molar-refractivity contribution is 5.87. The summed E-state index contributed by atoms with van der Waals surface area (Å²) in [6.45, 7) is 0. The third-order valence-electron chi connectivity index (χ3n) is 5.70. The summed E-state index contributed by atoms with van der Waals surface area (Å²) in [6, 6.07) is 21.0. The molecule has 0 bridgehead atoms. The van der Waals surface area contributed by atoms with Crippen LogP contribution in [0, 0.1) is 6.07 Å². The first-order chi connectivity index (χ1) is 16.1. The quantitative estimate of drug-likeness (QED) is 0.394. The van der Waals surface area contributed by atoms with Crippen molar-refractivity contribution in [1.82, 2.24) is 0 Å². The van der Waals surface area contributed by atoms with Gasteiger partial charge in [0.2, 0.25) is 5.75 Å². The van der Waals surface area contributed by atoms with E-state index in [9.17, 15) is 4.79 Å². The molecule has 0 heterocycles. The minimum Gasteiger partial charge on any atom is -0.492 e. The second-order valence-electron chi connectivity index (χ2n) is 7.88. The summed E-state index contributed by atoms with van der Waals surface area (Å²) in [5, 5.41) is 9.06. The molecule has 0 aliphatic heterocycles. The Kier molecular flexibility index (Phi) is 8.76. The van der Waals surface area contributed by atoms with Crippen molar-refractivity contribution in [2.24, 2.45) is 0 Å². The van der Waals surface area contributed by atoms with Crippen LogP contribution in [-0.4, -0.2) is 32.4 Å². The Morgan fingerprint density at radius 2 is 1.18 bits per heavy atom. The Bertz CT molecular complexity index is 1040. The van der Waals surface area contributed by atoms with Gasteiger partial charge in [0.1, 0.15) is 0 Å². The number of benzene rings is 3. The number of rotatable bonds is 12. The van der Waals surface area contributed by atoms with E-state index in [4.69, 9.17) is 19.3 Å². The minimum absolute atomic E-state index is 0.300. The van der Waals surface area contributed by atoms with Crippen molar-refractivity contribution in [2.75, 3.05) is 21.3 Å². The Balaban J connectivity index is 1.74. The highest BCUT2D eigenvalue weighted by atomic mass is 16.5. The summed E-state index contributed by atoms with van der Waals surface area (Å²) in [4.78, 5) is 11.0. The van der Waals surface area contributed by atoms with Crippen molar-refractivity contribution >= 4 is 5.97 Å². The molecule has 0 aliphatic rings. The second-order valence-corrected chi connectivity index (χ2v) is 7.88. The SMILES string of the molecule is COc1c(CCCc2ccccc2)[c]c(CCCc2ccc(C(=O)O)cc2)c(OC)c1OC. The van der Waals surface area contributed by atoms with Crippen molar-refractivity contribution in [1.29, 1.82) is 0 Å². The number of ether oxygens (including phenoxy) is 3. The highest BCUT2D eigenvalue weighted by Gasteiger charge is 2.21. The fraction of sp³-hybridized carbons (Fsp3) is 0.321. The predicted molar refractivity (Wildman–Crippen MR) is 129 cm³/mol. The van der Waals surface area contributed by atoms with Gasteiger partial charge in [0.25, 0.3) is 0 Å². The van der Waals surface area contributed by atoms with Gasteiger partial charge in [-0.25, -0.2) is 4.79 Å². The van der Waals surface area contributed by atoms with Crippen molar-refractivity contribution in [3.8, 4) is 17.2 Å². The lowest BCUT2D eigenvalue weighted by atomic mass is 9.96. The van der Waals surface area contributed by atoms with Gasteiger partial charge in [-0.05, 0) is 67.9 Å². The van der Waals surface area contributed by atoms with Crippen molar-refractivity contribution in [3.63, 3.8) is 0 Å². The van der Waals surface area contributed by atoms with Crippen LogP contribution in [0.4, 0.5) is 0 Å². The number of aryl methyl sites for hydroxylation is 4. The van der Waals surface area contributed by atoms with Gasteiger partial charge in [0.05, 0.1) is 26.9 Å². The van der Waals surface area contributed by atoms with E-state index < -0.39 is 5.97 Å². The number of carboxylic acid groups (broad SMARTS) is 1. The average molecular weight is 448 g/mol. The summed E-state index contributed by atoms with van der Waals surface area (Å²) in [7, 11) is 4.91. The maximum absolute atomic E-state index is 11.0. The smallest absolute Gasteiger partial charge is 0.335 e. The number of hydrogen-bond acceptors (Lipinski definition) is 4. The molecule has 3 aromatic carbocycles. The maximum atomic E-state index is 11.0. The second kappa shape index (κ2) is 12.0. The molecule has 0 saturated carbocycles. The van der Waals surface area contributed by atoms with E-state index in [0.717, 1.165) is 55.2 Å². The predicted octanol–water partition coefficient (Wildman–Crippen LogP) is 5.56. The summed E-state index contributed by atoms with van der Waals surface area (Å²) in [5.41, 5.74) is 4.67.